The summed E-state index contributed by atoms with van der Waals surface area (Å²) in [4.78, 5) is 13.1. The molecule has 1 fully saturated rings. The zero-order valence-electron chi connectivity index (χ0n) is 17.6. The van der Waals surface area contributed by atoms with Crippen LogP contribution in [-0.2, 0) is 4.79 Å². The third-order valence-electron chi connectivity index (χ3n) is 4.34. The van der Waals surface area contributed by atoms with Crippen LogP contribution in [0.15, 0.2) is 41.3 Å². The van der Waals surface area contributed by atoms with Crippen molar-refractivity contribution in [1.82, 2.24) is 5.32 Å². The second-order valence-electron chi connectivity index (χ2n) is 7.43. The van der Waals surface area contributed by atoms with Crippen LogP contribution in [0.3, 0.4) is 0 Å². The van der Waals surface area contributed by atoms with Gasteiger partial charge in [0.2, 0.25) is 0 Å². The Morgan fingerprint density at radius 3 is 2.70 bits per heavy atom. The molecule has 1 unspecified atom stereocenters. The van der Waals surface area contributed by atoms with Crippen molar-refractivity contribution in [1.29, 1.82) is 0 Å². The lowest BCUT2D eigenvalue weighted by Crippen LogP contribution is -2.31. The van der Waals surface area contributed by atoms with Crippen molar-refractivity contribution in [2.45, 2.75) is 33.2 Å². The molecule has 0 saturated carbocycles. The first-order valence-corrected chi connectivity index (χ1v) is 11.2. The number of rotatable bonds is 8. The quantitative estimate of drug-likeness (QED) is 0.510. The van der Waals surface area contributed by atoms with Crippen LogP contribution in [0.25, 0.3) is 6.08 Å². The highest BCUT2D eigenvalue weighted by atomic mass is 35.5. The highest BCUT2D eigenvalue weighted by Crippen LogP contribution is 2.34. The lowest BCUT2D eigenvalue weighted by molar-refractivity contribution is -0.116. The zero-order valence-corrected chi connectivity index (χ0v) is 19.2. The maximum Gasteiger partial charge on any atom is 0.260 e. The van der Waals surface area contributed by atoms with Gasteiger partial charge in [-0.15, -0.1) is 0 Å². The maximum absolute atomic E-state index is 12.5. The second-order valence-corrected chi connectivity index (χ2v) is 9.01. The summed E-state index contributed by atoms with van der Waals surface area (Å²) >= 11 is 7.46. The number of hydrogen-bond acceptors (Lipinski definition) is 5. The Bertz CT molecular complexity index is 946. The maximum atomic E-state index is 12.5. The molecule has 0 aliphatic carbocycles. The number of benzene rings is 2. The van der Waals surface area contributed by atoms with Crippen LogP contribution in [0.2, 0.25) is 5.02 Å². The van der Waals surface area contributed by atoms with Crippen molar-refractivity contribution in [2.75, 3.05) is 18.5 Å². The molecule has 30 heavy (non-hydrogen) atoms. The lowest BCUT2D eigenvalue weighted by atomic mass is 10.2. The van der Waals surface area contributed by atoms with Crippen LogP contribution in [-0.4, -0.2) is 24.6 Å². The van der Waals surface area contributed by atoms with Crippen LogP contribution in [0, 0.1) is 12.8 Å². The van der Waals surface area contributed by atoms with E-state index in [0.717, 1.165) is 16.8 Å². The summed E-state index contributed by atoms with van der Waals surface area (Å²) in [6.45, 7) is 9.28. The van der Waals surface area contributed by atoms with Crippen LogP contribution >= 0.6 is 23.4 Å². The number of amides is 1. The molecule has 160 valence electrons. The van der Waals surface area contributed by atoms with Gasteiger partial charge in [0, 0.05) is 10.7 Å². The first kappa shape index (κ1) is 22.4. The van der Waals surface area contributed by atoms with E-state index < -0.39 is 0 Å². The lowest BCUT2D eigenvalue weighted by Gasteiger charge is -2.15. The van der Waals surface area contributed by atoms with E-state index in [2.05, 4.69) is 24.5 Å². The second kappa shape index (κ2) is 10.1. The van der Waals surface area contributed by atoms with Gasteiger partial charge in [-0.1, -0.05) is 43.3 Å². The predicted molar refractivity (Wildman–Crippen MR) is 125 cm³/mol. The Labute approximate surface area is 187 Å². The van der Waals surface area contributed by atoms with Crippen molar-refractivity contribution >= 4 is 41.0 Å². The fraction of sp³-hybridized carbons (Fsp3) is 0.348. The number of carbonyl (C=O) groups excluding carboxylic acids is 1. The van der Waals surface area contributed by atoms with Gasteiger partial charge in [0.25, 0.3) is 5.91 Å². The van der Waals surface area contributed by atoms with E-state index in [1.165, 1.54) is 11.8 Å². The Morgan fingerprint density at radius 1 is 1.20 bits per heavy atom. The number of halogens is 1. The molecule has 3 rings (SSSR count). The molecule has 0 radical (unpaired) electrons. The topological polar surface area (TPSA) is 59.6 Å². The van der Waals surface area contributed by atoms with Gasteiger partial charge in [0.05, 0.1) is 18.1 Å². The molecule has 0 spiro atoms. The van der Waals surface area contributed by atoms with Crippen LogP contribution in [0.4, 0.5) is 5.69 Å². The summed E-state index contributed by atoms with van der Waals surface area (Å²) in [5.74, 6) is 1.71. The van der Waals surface area contributed by atoms with Crippen molar-refractivity contribution in [3.63, 3.8) is 0 Å². The van der Waals surface area contributed by atoms with Gasteiger partial charge in [-0.05, 0) is 67.3 Å². The normalized spacial score (nSPS) is 17.3. The van der Waals surface area contributed by atoms with Crippen molar-refractivity contribution < 1.29 is 14.3 Å². The van der Waals surface area contributed by atoms with E-state index in [4.69, 9.17) is 21.1 Å². The van der Waals surface area contributed by atoms with Gasteiger partial charge in [0.1, 0.15) is 0 Å². The minimum Gasteiger partial charge on any atom is -0.490 e. The van der Waals surface area contributed by atoms with E-state index in [1.807, 2.05) is 56.3 Å². The minimum atomic E-state index is -0.247. The number of hydrogen-bond donors (Lipinski definition) is 2. The number of thioether (sulfide) groups is 1. The standard InChI is InChI=1S/C23H27ClN2O3S/c1-5-28-20-11-16(6-9-19(20)29-13-14(2)3)12-21-22(27)26-23(30-21)25-18-8-7-17(24)10-15(18)4/h6-12,14,23,25H,5,13H2,1-4H3,(H,26,27)/b21-12-. The molecule has 2 aromatic carbocycles. The first-order valence-electron chi connectivity index (χ1n) is 9.97. The molecule has 2 aromatic rings. The summed E-state index contributed by atoms with van der Waals surface area (Å²) in [6, 6.07) is 11.4. The van der Waals surface area contributed by atoms with Gasteiger partial charge in [-0.25, -0.2) is 0 Å². The average Bonchev–Trinajstić information content (AvgIpc) is 3.02. The summed E-state index contributed by atoms with van der Waals surface area (Å²) in [5, 5.41) is 6.98. The third kappa shape index (κ3) is 5.86. The highest BCUT2D eigenvalue weighted by Gasteiger charge is 2.27. The average molecular weight is 447 g/mol. The van der Waals surface area contributed by atoms with Gasteiger partial charge in [0.15, 0.2) is 17.0 Å². The molecule has 1 aliphatic heterocycles. The van der Waals surface area contributed by atoms with Gasteiger partial charge in [-0.2, -0.15) is 0 Å². The summed E-state index contributed by atoms with van der Waals surface area (Å²) in [6.07, 6.45) is 1.87. The molecule has 1 aliphatic rings. The molecule has 0 aromatic heterocycles. The molecule has 2 N–H and O–H groups in total. The van der Waals surface area contributed by atoms with E-state index in [0.29, 0.717) is 40.6 Å². The van der Waals surface area contributed by atoms with Gasteiger partial charge < -0.3 is 20.1 Å². The largest absolute Gasteiger partial charge is 0.490 e. The third-order valence-corrected chi connectivity index (χ3v) is 5.61. The van der Waals surface area contributed by atoms with Crippen molar-refractivity contribution in [3.05, 3.63) is 57.5 Å². The number of nitrogens with one attached hydrogen (secondary N) is 2. The molecule has 1 heterocycles. The molecular weight excluding hydrogens is 420 g/mol. The molecule has 1 saturated heterocycles. The summed E-state index contributed by atoms with van der Waals surface area (Å²) < 4.78 is 11.6. The Balaban J connectivity index is 1.74. The van der Waals surface area contributed by atoms with Gasteiger partial charge in [-0.3, -0.25) is 4.79 Å². The molecular formula is C23H27ClN2O3S. The number of aryl methyl sites for hydroxylation is 1. The van der Waals surface area contributed by atoms with E-state index in [9.17, 15) is 4.79 Å². The highest BCUT2D eigenvalue weighted by molar-refractivity contribution is 8.05. The van der Waals surface area contributed by atoms with E-state index in [1.54, 1.807) is 0 Å². The fourth-order valence-corrected chi connectivity index (χ4v) is 4.11. The monoisotopic (exact) mass is 446 g/mol. The van der Waals surface area contributed by atoms with Crippen LogP contribution in [0.1, 0.15) is 31.9 Å². The number of ether oxygens (including phenoxy) is 2. The van der Waals surface area contributed by atoms with E-state index >= 15 is 0 Å². The molecule has 1 amide bonds. The fourth-order valence-electron chi connectivity index (χ4n) is 2.91. The van der Waals surface area contributed by atoms with Crippen LogP contribution in [0.5, 0.6) is 11.5 Å². The SMILES string of the molecule is CCOc1cc(/C=C2\SC(Nc3ccc(Cl)cc3C)NC2=O)ccc1OCC(C)C. The zero-order chi connectivity index (χ0) is 21.7. The Morgan fingerprint density at radius 2 is 2.00 bits per heavy atom. The first-order chi connectivity index (χ1) is 14.4. The number of anilines is 1. The van der Waals surface area contributed by atoms with Crippen LogP contribution < -0.4 is 20.1 Å². The molecule has 1 atom stereocenters. The number of carbonyl (C=O) groups is 1. The van der Waals surface area contributed by atoms with Crippen molar-refractivity contribution in [3.8, 4) is 11.5 Å². The Hall–Kier alpha value is -2.31. The minimum absolute atomic E-state index is 0.109. The predicted octanol–water partition coefficient (Wildman–Crippen LogP) is 5.68. The molecule has 7 heteroatoms. The van der Waals surface area contributed by atoms with Crippen molar-refractivity contribution in [2.24, 2.45) is 5.92 Å². The molecule has 0 bridgehead atoms. The van der Waals surface area contributed by atoms with Gasteiger partial charge >= 0.3 is 0 Å². The summed E-state index contributed by atoms with van der Waals surface area (Å²) in [7, 11) is 0. The smallest absolute Gasteiger partial charge is 0.260 e. The van der Waals surface area contributed by atoms with E-state index in [-0.39, 0.29) is 11.4 Å². The summed E-state index contributed by atoms with van der Waals surface area (Å²) in [5.41, 5.74) is 2.59. The Kier molecular flexibility index (Phi) is 7.56. The molecule has 5 nitrogen and oxygen atoms in total.